The first-order chi connectivity index (χ1) is 11.2. The first-order valence-corrected chi connectivity index (χ1v) is 8.74. The van der Waals surface area contributed by atoms with Crippen LogP contribution in [0.1, 0.15) is 51.0 Å². The van der Waals surface area contributed by atoms with E-state index in [0.717, 1.165) is 24.2 Å². The minimum atomic E-state index is -0.993. The second-order valence-corrected chi connectivity index (χ2v) is 6.39. The Morgan fingerprint density at radius 1 is 0.870 bits per heavy atom. The molecule has 0 radical (unpaired) electrons. The quantitative estimate of drug-likeness (QED) is 0.488. The highest BCUT2D eigenvalue weighted by molar-refractivity contribution is 5.33. The van der Waals surface area contributed by atoms with Crippen LogP contribution in [0, 0.1) is 5.41 Å². The Morgan fingerprint density at radius 2 is 1.48 bits per heavy atom. The van der Waals surface area contributed by atoms with Crippen molar-refractivity contribution in [2.24, 2.45) is 5.41 Å². The van der Waals surface area contributed by atoms with Crippen molar-refractivity contribution < 1.29 is 20.1 Å². The topological polar surface area (TPSA) is 69.9 Å². The molecule has 0 aliphatic rings. The van der Waals surface area contributed by atoms with Crippen molar-refractivity contribution in [3.63, 3.8) is 0 Å². The number of aliphatic hydroxyl groups excluding tert-OH is 3. The van der Waals surface area contributed by atoms with Gasteiger partial charge in [-0.2, -0.15) is 0 Å². The molecule has 1 aromatic carbocycles. The average Bonchev–Trinajstić information content (AvgIpc) is 2.60. The van der Waals surface area contributed by atoms with Crippen molar-refractivity contribution in [1.29, 1.82) is 0 Å². The molecule has 0 heterocycles. The number of aliphatic hydroxyl groups is 3. The lowest BCUT2D eigenvalue weighted by atomic mass is 9.92. The van der Waals surface area contributed by atoms with Crippen LogP contribution >= 0.6 is 0 Å². The Labute approximate surface area is 140 Å². The number of rotatable bonds is 13. The molecule has 0 aliphatic carbocycles. The second-order valence-electron chi connectivity index (χ2n) is 6.39. The predicted molar refractivity (Wildman–Crippen MR) is 92.7 cm³/mol. The summed E-state index contributed by atoms with van der Waals surface area (Å²) in [5.74, 6) is 0.779. The highest BCUT2D eigenvalue weighted by Crippen LogP contribution is 2.24. The largest absolute Gasteiger partial charge is 0.492 e. The number of ether oxygens (including phenoxy) is 1. The summed E-state index contributed by atoms with van der Waals surface area (Å²) in [6.07, 6.45) is 8.48. The van der Waals surface area contributed by atoms with Crippen LogP contribution in [0.3, 0.4) is 0 Å². The van der Waals surface area contributed by atoms with E-state index >= 15 is 0 Å². The average molecular weight is 324 g/mol. The minimum absolute atomic E-state index is 0.101. The third-order valence-corrected chi connectivity index (χ3v) is 4.31. The number of hydrogen-bond acceptors (Lipinski definition) is 4. The number of unbranched alkanes of at least 4 members (excludes halogenated alkanes) is 5. The van der Waals surface area contributed by atoms with Gasteiger partial charge in [0.1, 0.15) is 12.4 Å². The van der Waals surface area contributed by atoms with Gasteiger partial charge in [0, 0.05) is 0 Å². The van der Waals surface area contributed by atoms with Crippen molar-refractivity contribution >= 4 is 0 Å². The Kier molecular flexibility index (Phi) is 9.92. The molecule has 0 spiro atoms. The number of hydrogen-bond donors (Lipinski definition) is 3. The monoisotopic (exact) mass is 324 g/mol. The molecular formula is C19H32O4. The van der Waals surface area contributed by atoms with E-state index in [1.165, 1.54) is 32.1 Å². The molecule has 3 N–H and O–H groups in total. The van der Waals surface area contributed by atoms with E-state index in [9.17, 15) is 15.3 Å². The fourth-order valence-electron chi connectivity index (χ4n) is 2.46. The van der Waals surface area contributed by atoms with Gasteiger partial charge < -0.3 is 20.1 Å². The van der Waals surface area contributed by atoms with Crippen molar-refractivity contribution in [1.82, 2.24) is 0 Å². The maximum atomic E-state index is 9.37. The number of para-hydroxylation sites is 1. The zero-order valence-electron chi connectivity index (χ0n) is 14.3. The van der Waals surface area contributed by atoms with E-state index in [1.54, 1.807) is 0 Å². The molecule has 0 fully saturated rings. The Balaban J connectivity index is 2.50. The molecule has 132 valence electrons. The maximum absolute atomic E-state index is 9.37. The molecule has 0 saturated heterocycles. The third kappa shape index (κ3) is 6.90. The molecule has 23 heavy (non-hydrogen) atoms. The number of aryl methyl sites for hydroxylation is 1. The van der Waals surface area contributed by atoms with Crippen LogP contribution in [0.4, 0.5) is 0 Å². The highest BCUT2D eigenvalue weighted by Gasteiger charge is 2.29. The summed E-state index contributed by atoms with van der Waals surface area (Å²) in [7, 11) is 0. The van der Waals surface area contributed by atoms with Crippen LogP contribution in [-0.2, 0) is 6.42 Å². The van der Waals surface area contributed by atoms with E-state index in [1.807, 2.05) is 18.2 Å². The summed E-state index contributed by atoms with van der Waals surface area (Å²) >= 11 is 0. The van der Waals surface area contributed by atoms with E-state index in [4.69, 9.17) is 4.74 Å². The molecule has 0 saturated carbocycles. The summed E-state index contributed by atoms with van der Waals surface area (Å²) in [6.45, 7) is 1.40. The van der Waals surface area contributed by atoms with Crippen LogP contribution in [0.25, 0.3) is 0 Å². The maximum Gasteiger partial charge on any atom is 0.122 e. The Hall–Kier alpha value is -1.10. The van der Waals surface area contributed by atoms with Gasteiger partial charge in [-0.05, 0) is 24.5 Å². The van der Waals surface area contributed by atoms with Crippen molar-refractivity contribution in [2.75, 3.05) is 26.4 Å². The molecule has 0 atom stereocenters. The summed E-state index contributed by atoms with van der Waals surface area (Å²) in [5.41, 5.74) is 0.151. The van der Waals surface area contributed by atoms with E-state index in [-0.39, 0.29) is 26.4 Å². The Morgan fingerprint density at radius 3 is 2.13 bits per heavy atom. The molecule has 0 unspecified atom stereocenters. The molecule has 1 aromatic rings. The Bertz CT molecular complexity index is 407. The first kappa shape index (κ1) is 19.9. The van der Waals surface area contributed by atoms with E-state index in [2.05, 4.69) is 13.0 Å². The molecular weight excluding hydrogens is 292 g/mol. The first-order valence-electron chi connectivity index (χ1n) is 8.74. The molecule has 0 bridgehead atoms. The van der Waals surface area contributed by atoms with Crippen LogP contribution in [0.15, 0.2) is 24.3 Å². The van der Waals surface area contributed by atoms with Crippen LogP contribution in [-0.4, -0.2) is 41.7 Å². The van der Waals surface area contributed by atoms with Gasteiger partial charge in [0.2, 0.25) is 0 Å². The van der Waals surface area contributed by atoms with Crippen LogP contribution < -0.4 is 4.74 Å². The van der Waals surface area contributed by atoms with Gasteiger partial charge in [0.15, 0.2) is 0 Å². The van der Waals surface area contributed by atoms with E-state index in [0.29, 0.717) is 0 Å². The smallest absolute Gasteiger partial charge is 0.122 e. The molecule has 4 heteroatoms. The second kappa shape index (κ2) is 11.4. The SMILES string of the molecule is CCCCCCCCc1ccccc1OCC(CO)(CO)CO. The van der Waals surface area contributed by atoms with Gasteiger partial charge in [0.05, 0.1) is 25.2 Å². The molecule has 4 nitrogen and oxygen atoms in total. The van der Waals surface area contributed by atoms with Crippen molar-refractivity contribution in [3.05, 3.63) is 29.8 Å². The van der Waals surface area contributed by atoms with Crippen molar-refractivity contribution in [2.45, 2.75) is 51.9 Å². The lowest BCUT2D eigenvalue weighted by Crippen LogP contribution is -2.39. The molecule has 0 amide bonds. The summed E-state index contributed by atoms with van der Waals surface area (Å²) < 4.78 is 5.79. The highest BCUT2D eigenvalue weighted by atomic mass is 16.5. The lowest BCUT2D eigenvalue weighted by molar-refractivity contribution is -0.0260. The summed E-state index contributed by atoms with van der Waals surface area (Å²) in [6, 6.07) is 7.87. The fourth-order valence-corrected chi connectivity index (χ4v) is 2.46. The number of benzene rings is 1. The summed E-state index contributed by atoms with van der Waals surface area (Å²) in [4.78, 5) is 0. The van der Waals surface area contributed by atoms with Crippen LogP contribution in [0.5, 0.6) is 5.75 Å². The van der Waals surface area contributed by atoms with Gasteiger partial charge in [-0.15, -0.1) is 0 Å². The summed E-state index contributed by atoms with van der Waals surface area (Å²) in [5, 5.41) is 28.1. The standard InChI is InChI=1S/C19H32O4/c1-2-3-4-5-6-7-10-17-11-8-9-12-18(17)23-16-19(13-20,14-21)15-22/h8-9,11-12,20-22H,2-7,10,13-16H2,1H3. The fraction of sp³-hybridized carbons (Fsp3) is 0.684. The van der Waals surface area contributed by atoms with Crippen LogP contribution in [0.2, 0.25) is 0 Å². The van der Waals surface area contributed by atoms with Gasteiger partial charge in [0.25, 0.3) is 0 Å². The van der Waals surface area contributed by atoms with Gasteiger partial charge in [-0.25, -0.2) is 0 Å². The van der Waals surface area contributed by atoms with Gasteiger partial charge >= 0.3 is 0 Å². The van der Waals surface area contributed by atoms with Crippen molar-refractivity contribution in [3.8, 4) is 5.75 Å². The van der Waals surface area contributed by atoms with Gasteiger partial charge in [-0.1, -0.05) is 57.2 Å². The minimum Gasteiger partial charge on any atom is -0.492 e. The van der Waals surface area contributed by atoms with E-state index < -0.39 is 5.41 Å². The third-order valence-electron chi connectivity index (χ3n) is 4.31. The zero-order chi connectivity index (χ0) is 17.0. The zero-order valence-corrected chi connectivity index (χ0v) is 14.3. The van der Waals surface area contributed by atoms with Gasteiger partial charge in [-0.3, -0.25) is 0 Å². The normalized spacial score (nSPS) is 11.7. The lowest BCUT2D eigenvalue weighted by Gasteiger charge is -2.27. The predicted octanol–water partition coefficient (Wildman–Crippen LogP) is 2.93. The molecule has 0 aromatic heterocycles. The molecule has 1 rings (SSSR count). The molecule has 0 aliphatic heterocycles.